The lowest BCUT2D eigenvalue weighted by Crippen LogP contribution is -2.43. The first-order valence-corrected chi connectivity index (χ1v) is 9.79. The number of pyridine rings is 1. The lowest BCUT2D eigenvalue weighted by molar-refractivity contribution is -0.116. The van der Waals surface area contributed by atoms with E-state index in [1.165, 1.54) is 30.6 Å². The maximum Gasteiger partial charge on any atom is 0.315 e. The average molecular weight is 373 g/mol. The number of hydrogen-bond acceptors (Lipinski definition) is 5. The maximum atomic E-state index is 12.0. The number of urea groups is 1. The van der Waals surface area contributed by atoms with Crippen molar-refractivity contribution >= 4 is 28.4 Å². The number of nitrogens with one attached hydrogen (secondary N) is 3. The number of hydrogen-bond donors (Lipinski definition) is 3. The Labute approximate surface area is 156 Å². The van der Waals surface area contributed by atoms with Gasteiger partial charge in [0.2, 0.25) is 5.91 Å². The summed E-state index contributed by atoms with van der Waals surface area (Å²) in [4.78, 5) is 32.3. The largest absolute Gasteiger partial charge is 0.338 e. The number of thiazole rings is 1. The first-order valence-electron chi connectivity index (χ1n) is 8.91. The molecule has 0 aliphatic heterocycles. The number of carbonyl (C=O) groups is 2. The van der Waals surface area contributed by atoms with E-state index in [4.69, 9.17) is 0 Å². The fraction of sp³-hybridized carbons (Fsp3) is 0.444. The normalized spacial score (nSPS) is 14.6. The lowest BCUT2D eigenvalue weighted by atomic mass is 9.96. The third-order valence-corrected chi connectivity index (χ3v) is 5.04. The van der Waals surface area contributed by atoms with Crippen LogP contribution in [0, 0.1) is 0 Å². The van der Waals surface area contributed by atoms with Crippen molar-refractivity contribution in [3.05, 3.63) is 29.9 Å². The number of rotatable bonds is 6. The molecule has 1 saturated carbocycles. The van der Waals surface area contributed by atoms with E-state index in [1.54, 1.807) is 12.4 Å². The highest BCUT2D eigenvalue weighted by molar-refractivity contribution is 7.14. The second kappa shape index (κ2) is 9.28. The lowest BCUT2D eigenvalue weighted by Gasteiger charge is -2.22. The molecule has 0 radical (unpaired) electrons. The van der Waals surface area contributed by atoms with Crippen LogP contribution in [0.25, 0.3) is 11.3 Å². The summed E-state index contributed by atoms with van der Waals surface area (Å²) in [5, 5.41) is 10.9. The summed E-state index contributed by atoms with van der Waals surface area (Å²) in [6.07, 6.45) is 9.31. The molecule has 1 fully saturated rings. The standard InChI is InChI=1S/C18H23N5O2S/c24-16(8-10-20-17(25)21-14-6-2-1-3-7-14)23-18-22-15(12-26-18)13-5-4-9-19-11-13/h4-5,9,11-12,14H,1-3,6-8,10H2,(H2,20,21,25)(H,22,23,24). The van der Waals surface area contributed by atoms with Gasteiger partial charge in [-0.15, -0.1) is 11.3 Å². The highest BCUT2D eigenvalue weighted by Crippen LogP contribution is 2.24. The van der Waals surface area contributed by atoms with Gasteiger partial charge in [-0.1, -0.05) is 19.3 Å². The quantitative estimate of drug-likeness (QED) is 0.725. The Balaban J connectivity index is 1.38. The molecule has 0 bridgehead atoms. The van der Waals surface area contributed by atoms with Crippen LogP contribution in [-0.2, 0) is 4.79 Å². The van der Waals surface area contributed by atoms with E-state index in [9.17, 15) is 9.59 Å². The van der Waals surface area contributed by atoms with E-state index < -0.39 is 0 Å². The van der Waals surface area contributed by atoms with Gasteiger partial charge in [-0.3, -0.25) is 9.78 Å². The smallest absolute Gasteiger partial charge is 0.315 e. The van der Waals surface area contributed by atoms with Crippen molar-refractivity contribution in [3.8, 4) is 11.3 Å². The van der Waals surface area contributed by atoms with E-state index in [1.807, 2.05) is 17.5 Å². The fourth-order valence-electron chi connectivity index (χ4n) is 2.93. The van der Waals surface area contributed by atoms with E-state index in [2.05, 4.69) is 25.9 Å². The van der Waals surface area contributed by atoms with Crippen LogP contribution in [0.4, 0.5) is 9.93 Å². The third-order valence-electron chi connectivity index (χ3n) is 4.29. The summed E-state index contributed by atoms with van der Waals surface area (Å²) in [6, 6.07) is 3.83. The Morgan fingerprint density at radius 3 is 2.85 bits per heavy atom. The molecule has 0 aromatic carbocycles. The van der Waals surface area contributed by atoms with Crippen LogP contribution >= 0.6 is 11.3 Å². The summed E-state index contributed by atoms with van der Waals surface area (Å²) >= 11 is 1.37. The molecule has 0 unspecified atom stereocenters. The third kappa shape index (κ3) is 5.52. The number of nitrogens with zero attached hydrogens (tertiary/aromatic N) is 2. The van der Waals surface area contributed by atoms with Crippen LogP contribution in [0.15, 0.2) is 29.9 Å². The van der Waals surface area contributed by atoms with Gasteiger partial charge in [-0.2, -0.15) is 0 Å². The number of anilines is 1. The fourth-order valence-corrected chi connectivity index (χ4v) is 3.67. The molecule has 2 heterocycles. The predicted octanol–water partition coefficient (Wildman–Crippen LogP) is 3.17. The van der Waals surface area contributed by atoms with Gasteiger partial charge in [0.15, 0.2) is 5.13 Å². The van der Waals surface area contributed by atoms with Gasteiger partial charge in [0.25, 0.3) is 0 Å². The molecule has 3 amide bonds. The highest BCUT2D eigenvalue weighted by Gasteiger charge is 2.15. The number of amides is 3. The molecule has 138 valence electrons. The van der Waals surface area contributed by atoms with Crippen molar-refractivity contribution in [1.29, 1.82) is 0 Å². The molecule has 8 heteroatoms. The van der Waals surface area contributed by atoms with Gasteiger partial charge in [0.05, 0.1) is 5.69 Å². The Bertz CT molecular complexity index is 728. The molecule has 1 aliphatic carbocycles. The minimum atomic E-state index is -0.196. The minimum Gasteiger partial charge on any atom is -0.338 e. The monoisotopic (exact) mass is 373 g/mol. The van der Waals surface area contributed by atoms with Crippen molar-refractivity contribution in [2.24, 2.45) is 0 Å². The highest BCUT2D eigenvalue weighted by atomic mass is 32.1. The van der Waals surface area contributed by atoms with Crippen LogP contribution in [0.5, 0.6) is 0 Å². The van der Waals surface area contributed by atoms with E-state index in [-0.39, 0.29) is 24.4 Å². The zero-order valence-corrected chi connectivity index (χ0v) is 15.3. The first kappa shape index (κ1) is 18.3. The van der Waals surface area contributed by atoms with Gasteiger partial charge in [-0.05, 0) is 25.0 Å². The van der Waals surface area contributed by atoms with Gasteiger partial charge < -0.3 is 16.0 Å². The van der Waals surface area contributed by atoms with Crippen LogP contribution in [0.3, 0.4) is 0 Å². The van der Waals surface area contributed by atoms with Crippen molar-refractivity contribution < 1.29 is 9.59 Å². The first-order chi connectivity index (χ1) is 12.7. The zero-order valence-electron chi connectivity index (χ0n) is 14.5. The number of aromatic nitrogens is 2. The molecule has 0 spiro atoms. The van der Waals surface area contributed by atoms with Crippen LogP contribution in [-0.4, -0.2) is 34.5 Å². The Kier molecular flexibility index (Phi) is 6.54. The molecule has 0 saturated heterocycles. The van der Waals surface area contributed by atoms with Gasteiger partial charge in [0, 0.05) is 42.3 Å². The molecular formula is C18H23N5O2S. The van der Waals surface area contributed by atoms with Gasteiger partial charge in [0.1, 0.15) is 0 Å². The second-order valence-corrected chi connectivity index (χ2v) is 7.17. The number of carbonyl (C=O) groups excluding carboxylic acids is 2. The molecule has 3 rings (SSSR count). The van der Waals surface area contributed by atoms with Crippen molar-refractivity contribution in [3.63, 3.8) is 0 Å². The zero-order chi connectivity index (χ0) is 18.2. The molecule has 0 atom stereocenters. The minimum absolute atomic E-state index is 0.171. The van der Waals surface area contributed by atoms with Crippen molar-refractivity contribution in [2.75, 3.05) is 11.9 Å². The van der Waals surface area contributed by atoms with Crippen LogP contribution in [0.2, 0.25) is 0 Å². The summed E-state index contributed by atoms with van der Waals surface area (Å²) in [5.74, 6) is -0.171. The van der Waals surface area contributed by atoms with Gasteiger partial charge in [-0.25, -0.2) is 9.78 Å². The van der Waals surface area contributed by atoms with Crippen molar-refractivity contribution in [2.45, 2.75) is 44.6 Å². The van der Waals surface area contributed by atoms with Crippen LogP contribution < -0.4 is 16.0 Å². The molecule has 1 aliphatic rings. The molecule has 26 heavy (non-hydrogen) atoms. The van der Waals surface area contributed by atoms with Gasteiger partial charge >= 0.3 is 6.03 Å². The Morgan fingerprint density at radius 2 is 2.08 bits per heavy atom. The Morgan fingerprint density at radius 1 is 1.23 bits per heavy atom. The second-order valence-electron chi connectivity index (χ2n) is 6.31. The summed E-state index contributed by atoms with van der Waals surface area (Å²) < 4.78 is 0. The molecule has 7 nitrogen and oxygen atoms in total. The van der Waals surface area contributed by atoms with E-state index >= 15 is 0 Å². The molecule has 3 N–H and O–H groups in total. The molecular weight excluding hydrogens is 350 g/mol. The van der Waals surface area contributed by atoms with E-state index in [0.29, 0.717) is 11.7 Å². The SMILES string of the molecule is O=C(CCNC(=O)NC1CCCCC1)Nc1nc(-c2cccnc2)cs1. The molecule has 2 aromatic rings. The summed E-state index contributed by atoms with van der Waals surface area (Å²) in [5.41, 5.74) is 1.69. The van der Waals surface area contributed by atoms with Crippen LogP contribution in [0.1, 0.15) is 38.5 Å². The Hall–Kier alpha value is -2.48. The average Bonchev–Trinajstić information content (AvgIpc) is 3.11. The summed E-state index contributed by atoms with van der Waals surface area (Å²) in [7, 11) is 0. The topological polar surface area (TPSA) is 96.0 Å². The maximum absolute atomic E-state index is 12.0. The van der Waals surface area contributed by atoms with Crippen molar-refractivity contribution in [1.82, 2.24) is 20.6 Å². The molecule has 2 aromatic heterocycles. The predicted molar refractivity (Wildman–Crippen MR) is 102 cm³/mol. The van der Waals surface area contributed by atoms with E-state index in [0.717, 1.165) is 24.1 Å². The summed E-state index contributed by atoms with van der Waals surface area (Å²) in [6.45, 7) is 0.297.